The zero-order chi connectivity index (χ0) is 19.2. The van der Waals surface area contributed by atoms with Gasteiger partial charge in [0.2, 0.25) is 0 Å². The number of hydrogen-bond acceptors (Lipinski definition) is 4. The van der Waals surface area contributed by atoms with E-state index < -0.39 is 0 Å². The van der Waals surface area contributed by atoms with Crippen molar-refractivity contribution in [1.29, 1.82) is 0 Å². The summed E-state index contributed by atoms with van der Waals surface area (Å²) in [6.07, 6.45) is 2.60. The summed E-state index contributed by atoms with van der Waals surface area (Å²) >= 11 is 6.12. The van der Waals surface area contributed by atoms with Crippen molar-refractivity contribution in [2.24, 2.45) is 0 Å². The summed E-state index contributed by atoms with van der Waals surface area (Å²) in [4.78, 5) is 15.1. The van der Waals surface area contributed by atoms with Gasteiger partial charge in [-0.3, -0.25) is 4.79 Å². The molecule has 1 saturated heterocycles. The van der Waals surface area contributed by atoms with Gasteiger partial charge in [0.05, 0.1) is 23.1 Å². The molecule has 0 atom stereocenters. The predicted octanol–water partition coefficient (Wildman–Crippen LogP) is 2.67. The van der Waals surface area contributed by atoms with Gasteiger partial charge >= 0.3 is 0 Å². The molecule has 0 saturated carbocycles. The van der Waals surface area contributed by atoms with Crippen molar-refractivity contribution in [2.45, 2.75) is 26.2 Å². The largest absolute Gasteiger partial charge is 0.352 e. The number of nitrogens with zero attached hydrogens (tertiary/aromatic N) is 3. The predicted molar refractivity (Wildman–Crippen MR) is 109 cm³/mol. The number of halogens is 1. The number of piperazine rings is 1. The highest BCUT2D eigenvalue weighted by Gasteiger charge is 2.21. The van der Waals surface area contributed by atoms with Gasteiger partial charge in [0.1, 0.15) is 0 Å². The molecule has 6 nitrogen and oxygen atoms in total. The number of aromatic nitrogens is 2. The molecule has 1 aromatic carbocycles. The van der Waals surface area contributed by atoms with Crippen LogP contribution in [0.15, 0.2) is 30.5 Å². The van der Waals surface area contributed by atoms with E-state index in [2.05, 4.69) is 34.5 Å². The zero-order valence-electron chi connectivity index (χ0n) is 16.0. The van der Waals surface area contributed by atoms with E-state index in [1.165, 1.54) is 0 Å². The lowest BCUT2D eigenvalue weighted by atomic mass is 10.0. The monoisotopic (exact) mass is 389 g/mol. The Morgan fingerprint density at radius 1 is 1.33 bits per heavy atom. The number of amides is 1. The molecule has 1 aliphatic heterocycles. The van der Waals surface area contributed by atoms with E-state index in [-0.39, 0.29) is 11.8 Å². The van der Waals surface area contributed by atoms with Crippen molar-refractivity contribution >= 4 is 17.5 Å². The Labute approximate surface area is 165 Å². The Balaban J connectivity index is 1.64. The van der Waals surface area contributed by atoms with E-state index >= 15 is 0 Å². The number of hydrogen-bond donors (Lipinski definition) is 2. The van der Waals surface area contributed by atoms with E-state index in [1.54, 1.807) is 6.20 Å². The molecule has 1 fully saturated rings. The van der Waals surface area contributed by atoms with Crippen LogP contribution in [0.3, 0.4) is 0 Å². The first-order valence-electron chi connectivity index (χ1n) is 9.61. The average Bonchev–Trinajstić information content (AvgIpc) is 3.11. The lowest BCUT2D eigenvalue weighted by Gasteiger charge is -2.27. The minimum atomic E-state index is -0.0627. The summed E-state index contributed by atoms with van der Waals surface area (Å²) in [6, 6.07) is 7.52. The van der Waals surface area contributed by atoms with Crippen molar-refractivity contribution in [3.63, 3.8) is 0 Å². The second-order valence-corrected chi connectivity index (χ2v) is 7.63. The molecule has 1 aromatic heterocycles. The fourth-order valence-corrected chi connectivity index (χ4v) is 3.62. The molecule has 7 heteroatoms. The van der Waals surface area contributed by atoms with E-state index in [1.807, 2.05) is 28.9 Å². The van der Waals surface area contributed by atoms with Crippen LogP contribution in [0.5, 0.6) is 0 Å². The van der Waals surface area contributed by atoms with Crippen LogP contribution in [0, 0.1) is 0 Å². The molecule has 1 amide bonds. The van der Waals surface area contributed by atoms with Crippen LogP contribution in [0.2, 0.25) is 5.02 Å². The third-order valence-electron chi connectivity index (χ3n) is 4.80. The van der Waals surface area contributed by atoms with Crippen LogP contribution < -0.4 is 10.6 Å². The molecular formula is C20H28ClN5O. The zero-order valence-corrected chi connectivity index (χ0v) is 16.8. The molecule has 0 radical (unpaired) electrons. The van der Waals surface area contributed by atoms with Crippen molar-refractivity contribution in [1.82, 2.24) is 25.3 Å². The molecule has 2 N–H and O–H groups in total. The van der Waals surface area contributed by atoms with E-state index in [0.717, 1.165) is 50.5 Å². The molecule has 27 heavy (non-hydrogen) atoms. The summed E-state index contributed by atoms with van der Waals surface area (Å²) < 4.78 is 1.81. The molecule has 1 aliphatic rings. The van der Waals surface area contributed by atoms with Gasteiger partial charge in [-0.2, -0.15) is 5.10 Å². The molecular weight excluding hydrogens is 362 g/mol. The van der Waals surface area contributed by atoms with Gasteiger partial charge in [-0.15, -0.1) is 0 Å². The fraction of sp³-hybridized carbons (Fsp3) is 0.500. The molecule has 0 aliphatic carbocycles. The van der Waals surface area contributed by atoms with Crippen LogP contribution in [0.1, 0.15) is 42.2 Å². The SMILES string of the molecule is CC(C)c1c(C(=O)NCCCN2CCNCC2)cnn1-c1cccc(Cl)c1. The standard InChI is InChI=1S/C20H28ClN5O/c1-15(2)19-18(14-24-26(19)17-6-3-5-16(21)13-17)20(27)23-7-4-10-25-11-8-22-9-12-25/h3,5-6,13-15,22H,4,7-12H2,1-2H3,(H,23,27). The summed E-state index contributed by atoms with van der Waals surface area (Å²) in [5.41, 5.74) is 2.40. The van der Waals surface area contributed by atoms with Crippen LogP contribution >= 0.6 is 11.6 Å². The van der Waals surface area contributed by atoms with Crippen molar-refractivity contribution in [2.75, 3.05) is 39.3 Å². The molecule has 0 bridgehead atoms. The third-order valence-corrected chi connectivity index (χ3v) is 5.03. The molecule has 0 unspecified atom stereocenters. The first kappa shape index (κ1) is 19.9. The maximum atomic E-state index is 12.7. The first-order chi connectivity index (χ1) is 13.1. The van der Waals surface area contributed by atoms with Crippen LogP contribution in [0.25, 0.3) is 5.69 Å². The van der Waals surface area contributed by atoms with Crippen molar-refractivity contribution < 1.29 is 4.79 Å². The second kappa shape index (κ2) is 9.35. The molecule has 2 aromatic rings. The summed E-state index contributed by atoms with van der Waals surface area (Å²) in [6.45, 7) is 10.1. The smallest absolute Gasteiger partial charge is 0.254 e. The number of carbonyl (C=O) groups excluding carboxylic acids is 1. The fourth-order valence-electron chi connectivity index (χ4n) is 3.44. The average molecular weight is 390 g/mol. The molecule has 2 heterocycles. The maximum absolute atomic E-state index is 12.7. The summed E-state index contributed by atoms with van der Waals surface area (Å²) in [5, 5.41) is 11.5. The van der Waals surface area contributed by atoms with E-state index in [0.29, 0.717) is 17.1 Å². The van der Waals surface area contributed by atoms with Gasteiger partial charge in [-0.25, -0.2) is 4.68 Å². The summed E-state index contributed by atoms with van der Waals surface area (Å²) in [5.74, 6) is 0.0976. The highest BCUT2D eigenvalue weighted by molar-refractivity contribution is 6.30. The van der Waals surface area contributed by atoms with E-state index in [4.69, 9.17) is 11.6 Å². The molecule has 3 rings (SSSR count). The van der Waals surface area contributed by atoms with Gasteiger partial charge in [0, 0.05) is 37.7 Å². The van der Waals surface area contributed by atoms with Gasteiger partial charge in [0.15, 0.2) is 0 Å². The summed E-state index contributed by atoms with van der Waals surface area (Å²) in [7, 11) is 0. The van der Waals surface area contributed by atoms with E-state index in [9.17, 15) is 4.79 Å². The van der Waals surface area contributed by atoms with Crippen molar-refractivity contribution in [3.05, 3.63) is 46.7 Å². The Bertz CT molecular complexity index is 767. The third kappa shape index (κ3) is 5.09. The lowest BCUT2D eigenvalue weighted by Crippen LogP contribution is -2.44. The van der Waals surface area contributed by atoms with Crippen LogP contribution in [-0.4, -0.2) is 59.9 Å². The number of carbonyl (C=O) groups is 1. The highest BCUT2D eigenvalue weighted by atomic mass is 35.5. The Morgan fingerprint density at radius 3 is 2.81 bits per heavy atom. The Morgan fingerprint density at radius 2 is 2.11 bits per heavy atom. The van der Waals surface area contributed by atoms with Crippen LogP contribution in [-0.2, 0) is 0 Å². The van der Waals surface area contributed by atoms with Crippen LogP contribution in [0.4, 0.5) is 0 Å². The molecule has 146 valence electrons. The highest BCUT2D eigenvalue weighted by Crippen LogP contribution is 2.24. The molecule has 0 spiro atoms. The van der Waals surface area contributed by atoms with Gasteiger partial charge in [-0.1, -0.05) is 31.5 Å². The number of rotatable bonds is 7. The minimum absolute atomic E-state index is 0.0627. The van der Waals surface area contributed by atoms with Gasteiger partial charge in [-0.05, 0) is 37.1 Å². The lowest BCUT2D eigenvalue weighted by molar-refractivity contribution is 0.0950. The topological polar surface area (TPSA) is 62.2 Å². The normalized spacial score (nSPS) is 15.3. The number of benzene rings is 1. The first-order valence-corrected chi connectivity index (χ1v) is 9.99. The minimum Gasteiger partial charge on any atom is -0.352 e. The Kier molecular flexibility index (Phi) is 6.88. The van der Waals surface area contributed by atoms with Gasteiger partial charge < -0.3 is 15.5 Å². The number of nitrogens with one attached hydrogen (secondary N) is 2. The van der Waals surface area contributed by atoms with Gasteiger partial charge in [0.25, 0.3) is 5.91 Å². The second-order valence-electron chi connectivity index (χ2n) is 7.19. The maximum Gasteiger partial charge on any atom is 0.254 e. The quantitative estimate of drug-likeness (QED) is 0.715. The van der Waals surface area contributed by atoms with Crippen molar-refractivity contribution in [3.8, 4) is 5.69 Å². The Hall–Kier alpha value is -1.89.